The van der Waals surface area contributed by atoms with Crippen LogP contribution in [0.1, 0.15) is 35.4 Å². The molecule has 0 saturated carbocycles. The Hall–Kier alpha value is -3.13. The van der Waals surface area contributed by atoms with E-state index in [2.05, 4.69) is 15.9 Å². The molecule has 5 rings (SSSR count). The second-order valence-corrected chi connectivity index (χ2v) is 11.1. The number of likely N-dealkylation sites (tertiary alicyclic amines) is 1. The fourth-order valence-corrected chi connectivity index (χ4v) is 6.26. The Morgan fingerprint density at radius 3 is 2.66 bits per heavy atom. The van der Waals surface area contributed by atoms with E-state index in [4.69, 9.17) is 21.3 Å². The number of aromatic nitrogens is 1. The van der Waals surface area contributed by atoms with Gasteiger partial charge in [0.25, 0.3) is 0 Å². The molecule has 6 nitrogen and oxygen atoms in total. The summed E-state index contributed by atoms with van der Waals surface area (Å²) >= 11 is 9.97. The van der Waals surface area contributed by atoms with Crippen molar-refractivity contribution < 1.29 is 19.7 Å². The molecule has 1 amide bonds. The molecule has 8 heteroatoms. The van der Waals surface area contributed by atoms with E-state index in [0.717, 1.165) is 32.1 Å². The van der Waals surface area contributed by atoms with Crippen molar-refractivity contribution in [3.8, 4) is 5.88 Å². The first kappa shape index (κ1) is 26.5. The number of hydrogen-bond acceptors (Lipinski definition) is 4. The van der Waals surface area contributed by atoms with Gasteiger partial charge in [0.05, 0.1) is 18.2 Å². The van der Waals surface area contributed by atoms with Crippen molar-refractivity contribution >= 4 is 44.5 Å². The van der Waals surface area contributed by atoms with Gasteiger partial charge in [0, 0.05) is 38.9 Å². The summed E-state index contributed by atoms with van der Waals surface area (Å²) in [6.07, 6.45) is 0.00616. The molecular weight excluding hydrogens is 568 g/mol. The van der Waals surface area contributed by atoms with Crippen LogP contribution >= 0.6 is 27.5 Å². The van der Waals surface area contributed by atoms with Gasteiger partial charge in [-0.3, -0.25) is 0 Å². The lowest BCUT2D eigenvalue weighted by Crippen LogP contribution is -2.55. The highest BCUT2D eigenvalue weighted by molar-refractivity contribution is 9.10. The van der Waals surface area contributed by atoms with E-state index in [1.165, 1.54) is 4.90 Å². The van der Waals surface area contributed by atoms with Gasteiger partial charge in [-0.2, -0.15) is 0 Å². The number of fused-ring (bicyclic) bond motifs is 1. The van der Waals surface area contributed by atoms with Crippen LogP contribution in [-0.4, -0.2) is 51.5 Å². The Labute approximate surface area is 235 Å². The van der Waals surface area contributed by atoms with Crippen LogP contribution in [0.3, 0.4) is 0 Å². The number of aliphatic hydroxyl groups is 1. The maximum atomic E-state index is 12.5. The van der Waals surface area contributed by atoms with Gasteiger partial charge in [0.15, 0.2) is 0 Å². The van der Waals surface area contributed by atoms with Crippen LogP contribution in [-0.2, 0) is 6.42 Å². The molecule has 4 aromatic rings. The van der Waals surface area contributed by atoms with E-state index in [-0.39, 0.29) is 19.4 Å². The predicted octanol–water partition coefficient (Wildman–Crippen LogP) is 6.91. The molecule has 0 radical (unpaired) electrons. The molecule has 2 N–H and O–H groups in total. The summed E-state index contributed by atoms with van der Waals surface area (Å²) in [5.74, 6) is -0.139. The molecule has 2 heterocycles. The summed E-state index contributed by atoms with van der Waals surface area (Å²) in [5.41, 5.74) is 2.04. The minimum Gasteiger partial charge on any atom is -0.481 e. The van der Waals surface area contributed by atoms with Crippen molar-refractivity contribution in [2.24, 2.45) is 0 Å². The summed E-state index contributed by atoms with van der Waals surface area (Å²) in [4.78, 5) is 18.4. The third-order valence-corrected chi connectivity index (χ3v) is 8.10. The van der Waals surface area contributed by atoms with E-state index in [1.807, 2.05) is 72.8 Å². The van der Waals surface area contributed by atoms with Crippen LogP contribution in [0.15, 0.2) is 83.3 Å². The molecule has 1 fully saturated rings. The molecule has 1 aliphatic rings. The molecule has 1 aliphatic heterocycles. The average molecular weight is 596 g/mol. The van der Waals surface area contributed by atoms with Gasteiger partial charge in [-0.1, -0.05) is 70.0 Å². The fraction of sp³-hybridized carbons (Fsp3) is 0.267. The summed E-state index contributed by atoms with van der Waals surface area (Å²) < 4.78 is 6.68. The normalized spacial score (nSPS) is 20.3. The van der Waals surface area contributed by atoms with E-state index in [1.54, 1.807) is 13.2 Å². The van der Waals surface area contributed by atoms with Crippen molar-refractivity contribution in [1.29, 1.82) is 0 Å². The number of rotatable bonds is 6. The minimum atomic E-state index is -1.29. The zero-order chi connectivity index (χ0) is 26.9. The largest absolute Gasteiger partial charge is 0.481 e. The molecule has 0 spiro atoms. The van der Waals surface area contributed by atoms with Crippen LogP contribution in [0.4, 0.5) is 4.79 Å². The second-order valence-electron chi connectivity index (χ2n) is 9.79. The number of benzene rings is 3. The Morgan fingerprint density at radius 2 is 1.95 bits per heavy atom. The van der Waals surface area contributed by atoms with Gasteiger partial charge in [-0.15, -0.1) is 0 Å². The SMILES string of the molecule is COc1nc2ccc(Br)cc2cc1C(c1cccc(Cl)c1)C1(O)CCN(C(=O)O)C(Cc2ccccc2)C1. The molecule has 0 aliphatic carbocycles. The summed E-state index contributed by atoms with van der Waals surface area (Å²) in [7, 11) is 1.57. The molecule has 0 bridgehead atoms. The number of hydrogen-bond donors (Lipinski definition) is 2. The minimum absolute atomic E-state index is 0.204. The maximum Gasteiger partial charge on any atom is 0.407 e. The van der Waals surface area contributed by atoms with E-state index >= 15 is 0 Å². The van der Waals surface area contributed by atoms with Gasteiger partial charge >= 0.3 is 6.09 Å². The van der Waals surface area contributed by atoms with Gasteiger partial charge in [-0.05, 0) is 66.8 Å². The highest BCUT2D eigenvalue weighted by atomic mass is 79.9. The second kappa shape index (κ2) is 10.9. The molecule has 1 aromatic heterocycles. The van der Waals surface area contributed by atoms with Crippen molar-refractivity contribution in [3.63, 3.8) is 0 Å². The standard InChI is InChI=1S/C30H28BrClN2O4/c1-38-28-25(17-21-15-22(31)10-11-26(21)33-28)27(20-8-5-9-23(32)16-20)30(37)12-13-34(29(35)36)24(18-30)14-19-6-3-2-4-7-19/h2-11,15-17,24,27,37H,12-14,18H2,1H3,(H,35,36). The third-order valence-electron chi connectivity index (χ3n) is 7.37. The summed E-state index contributed by atoms with van der Waals surface area (Å²) in [5, 5.41) is 23.9. The first-order chi connectivity index (χ1) is 18.3. The number of carbonyl (C=O) groups is 1. The Bertz CT molecular complexity index is 1470. The molecule has 3 atom stereocenters. The van der Waals surface area contributed by atoms with Crippen LogP contribution in [0.2, 0.25) is 5.02 Å². The van der Waals surface area contributed by atoms with Crippen molar-refractivity contribution in [2.45, 2.75) is 36.8 Å². The number of methoxy groups -OCH3 is 1. The molecular formula is C30H28BrClN2O4. The smallest absolute Gasteiger partial charge is 0.407 e. The number of nitrogens with zero attached hydrogens (tertiary/aromatic N) is 2. The zero-order valence-electron chi connectivity index (χ0n) is 20.8. The molecule has 196 valence electrons. The lowest BCUT2D eigenvalue weighted by molar-refractivity contribution is -0.0516. The van der Waals surface area contributed by atoms with Crippen LogP contribution in [0, 0.1) is 0 Å². The van der Waals surface area contributed by atoms with Crippen LogP contribution in [0.5, 0.6) is 5.88 Å². The number of carboxylic acid groups (broad SMARTS) is 1. The Kier molecular flexibility index (Phi) is 7.61. The van der Waals surface area contributed by atoms with Gasteiger partial charge in [0.2, 0.25) is 5.88 Å². The van der Waals surface area contributed by atoms with E-state index < -0.39 is 23.7 Å². The number of piperidine rings is 1. The van der Waals surface area contributed by atoms with Crippen LogP contribution < -0.4 is 4.74 Å². The first-order valence-corrected chi connectivity index (χ1v) is 13.6. The van der Waals surface area contributed by atoms with E-state index in [0.29, 0.717) is 17.3 Å². The lowest BCUT2D eigenvalue weighted by atomic mass is 9.70. The molecule has 3 unspecified atom stereocenters. The predicted molar refractivity (Wildman–Crippen MR) is 152 cm³/mol. The maximum absolute atomic E-state index is 12.5. The molecule has 38 heavy (non-hydrogen) atoms. The van der Waals surface area contributed by atoms with Crippen molar-refractivity contribution in [1.82, 2.24) is 9.88 Å². The monoisotopic (exact) mass is 594 g/mol. The lowest BCUT2D eigenvalue weighted by Gasteiger charge is -2.47. The first-order valence-electron chi connectivity index (χ1n) is 12.4. The topological polar surface area (TPSA) is 82.9 Å². The van der Waals surface area contributed by atoms with Crippen molar-refractivity contribution in [2.75, 3.05) is 13.7 Å². The third kappa shape index (κ3) is 5.37. The number of amides is 1. The zero-order valence-corrected chi connectivity index (χ0v) is 23.2. The number of halogens is 2. The fourth-order valence-electron chi connectivity index (χ4n) is 5.68. The number of pyridine rings is 1. The Morgan fingerprint density at radius 1 is 1.16 bits per heavy atom. The molecule has 1 saturated heterocycles. The van der Waals surface area contributed by atoms with Gasteiger partial charge < -0.3 is 19.8 Å². The summed E-state index contributed by atoms with van der Waals surface area (Å²) in [6.45, 7) is 0.204. The summed E-state index contributed by atoms with van der Waals surface area (Å²) in [6, 6.07) is 24.6. The Balaban J connectivity index is 1.65. The molecule has 3 aromatic carbocycles. The van der Waals surface area contributed by atoms with Gasteiger partial charge in [-0.25, -0.2) is 9.78 Å². The highest BCUT2D eigenvalue weighted by Gasteiger charge is 2.47. The van der Waals surface area contributed by atoms with Crippen LogP contribution in [0.25, 0.3) is 10.9 Å². The number of ether oxygens (including phenoxy) is 1. The van der Waals surface area contributed by atoms with Gasteiger partial charge in [0.1, 0.15) is 0 Å². The van der Waals surface area contributed by atoms with E-state index in [9.17, 15) is 15.0 Å². The quantitative estimate of drug-likeness (QED) is 0.253. The average Bonchev–Trinajstić information content (AvgIpc) is 2.89. The van der Waals surface area contributed by atoms with Crippen molar-refractivity contribution in [3.05, 3.63) is 105 Å². The highest BCUT2D eigenvalue weighted by Crippen LogP contribution is 2.47.